The molecule has 0 spiro atoms. The lowest BCUT2D eigenvalue weighted by Gasteiger charge is -2.12. The van der Waals surface area contributed by atoms with Gasteiger partial charge in [-0.15, -0.1) is 0 Å². The number of benzene rings is 2. The van der Waals surface area contributed by atoms with Gasteiger partial charge in [0.2, 0.25) is 0 Å². The van der Waals surface area contributed by atoms with E-state index in [-0.39, 0.29) is 11.4 Å². The number of nitrogens with zero attached hydrogens (tertiary/aromatic N) is 2. The summed E-state index contributed by atoms with van der Waals surface area (Å²) in [5.74, 6) is -0.898. The second kappa shape index (κ2) is 6.69. The fraction of sp³-hybridized carbons (Fsp3) is 0.0556. The predicted molar refractivity (Wildman–Crippen MR) is 89.1 cm³/mol. The molecule has 0 aliphatic carbocycles. The van der Waals surface area contributed by atoms with Crippen molar-refractivity contribution in [3.63, 3.8) is 0 Å². The molecule has 1 aliphatic rings. The average molecular weight is 338 g/mol. The van der Waals surface area contributed by atoms with Crippen molar-refractivity contribution in [3.05, 3.63) is 75.9 Å². The Bertz CT molecular complexity index is 885. The van der Waals surface area contributed by atoms with Gasteiger partial charge in [0.05, 0.1) is 23.1 Å². The molecular weight excluding hydrogens is 327 g/mol. The molecule has 0 atom stereocenters. The molecule has 0 unspecified atom stereocenters. The van der Waals surface area contributed by atoms with E-state index in [1.807, 2.05) is 6.07 Å². The van der Waals surface area contributed by atoms with Crippen LogP contribution in [0.2, 0.25) is 0 Å². The fourth-order valence-corrected chi connectivity index (χ4v) is 3.08. The maximum absolute atomic E-state index is 13.7. The van der Waals surface area contributed by atoms with E-state index < -0.39 is 17.0 Å². The largest absolute Gasteiger partial charge is 0.293 e. The van der Waals surface area contributed by atoms with Gasteiger partial charge in [0.1, 0.15) is 5.82 Å². The van der Waals surface area contributed by atoms with Gasteiger partial charge in [-0.1, -0.05) is 30.3 Å². The van der Waals surface area contributed by atoms with Gasteiger partial charge in [-0.25, -0.2) is 4.39 Å². The molecule has 0 N–H and O–H groups in total. The maximum Gasteiger partial charge on any atom is 0.293 e. The van der Waals surface area contributed by atoms with Crippen LogP contribution in [0.3, 0.4) is 0 Å². The Morgan fingerprint density at radius 3 is 2.50 bits per heavy atom. The van der Waals surface area contributed by atoms with Gasteiger partial charge in [0.15, 0.2) is 0 Å². The second-order valence-electron chi connectivity index (χ2n) is 5.09. The van der Waals surface area contributed by atoms with Gasteiger partial charge in [-0.05, 0) is 41.6 Å². The number of amides is 2. The van der Waals surface area contributed by atoms with Gasteiger partial charge < -0.3 is 0 Å². The molecule has 24 heavy (non-hydrogen) atoms. The van der Waals surface area contributed by atoms with Gasteiger partial charge in [0.25, 0.3) is 11.1 Å². The zero-order valence-electron chi connectivity index (χ0n) is 12.4. The third kappa shape index (κ3) is 3.21. The van der Waals surface area contributed by atoms with Gasteiger partial charge in [0, 0.05) is 5.56 Å². The minimum Gasteiger partial charge on any atom is -0.268 e. The Hall–Kier alpha value is -2.91. The molecule has 0 saturated carbocycles. The van der Waals surface area contributed by atoms with Crippen molar-refractivity contribution in [3.8, 4) is 6.07 Å². The van der Waals surface area contributed by atoms with Gasteiger partial charge in [-0.3, -0.25) is 14.5 Å². The molecule has 2 aromatic rings. The average Bonchev–Trinajstić information content (AvgIpc) is 2.85. The van der Waals surface area contributed by atoms with E-state index in [4.69, 9.17) is 5.26 Å². The van der Waals surface area contributed by atoms with Crippen LogP contribution in [0, 0.1) is 17.1 Å². The summed E-state index contributed by atoms with van der Waals surface area (Å²) in [5.41, 5.74) is 1.52. The number of rotatable bonds is 3. The number of nitriles is 1. The van der Waals surface area contributed by atoms with Crippen molar-refractivity contribution in [1.29, 1.82) is 5.26 Å². The summed E-state index contributed by atoms with van der Waals surface area (Å²) in [6, 6.07) is 14.7. The van der Waals surface area contributed by atoms with E-state index in [0.717, 1.165) is 16.7 Å². The van der Waals surface area contributed by atoms with Crippen LogP contribution in [0.25, 0.3) is 6.08 Å². The van der Waals surface area contributed by atoms with Crippen LogP contribution >= 0.6 is 11.8 Å². The normalized spacial score (nSPS) is 15.8. The van der Waals surface area contributed by atoms with Crippen LogP contribution < -0.4 is 0 Å². The van der Waals surface area contributed by atoms with Crippen LogP contribution in [-0.2, 0) is 11.3 Å². The maximum atomic E-state index is 13.7. The summed E-state index contributed by atoms with van der Waals surface area (Å²) >= 11 is 0.823. The lowest BCUT2D eigenvalue weighted by molar-refractivity contribution is -0.123. The van der Waals surface area contributed by atoms with Crippen LogP contribution in [-0.4, -0.2) is 16.0 Å². The molecule has 1 aliphatic heterocycles. The van der Waals surface area contributed by atoms with Gasteiger partial charge >= 0.3 is 0 Å². The Morgan fingerprint density at radius 1 is 1.12 bits per heavy atom. The van der Waals surface area contributed by atoms with Crippen LogP contribution in [0.4, 0.5) is 9.18 Å². The van der Waals surface area contributed by atoms with E-state index in [0.29, 0.717) is 16.7 Å². The first-order chi connectivity index (χ1) is 11.6. The summed E-state index contributed by atoms with van der Waals surface area (Å²) in [7, 11) is 0. The van der Waals surface area contributed by atoms with Crippen LogP contribution in [0.1, 0.15) is 16.7 Å². The molecule has 2 amide bonds. The van der Waals surface area contributed by atoms with Gasteiger partial charge in [-0.2, -0.15) is 5.26 Å². The molecular formula is C18H11FN2O2S. The lowest BCUT2D eigenvalue weighted by Crippen LogP contribution is -2.27. The summed E-state index contributed by atoms with van der Waals surface area (Å²) in [4.78, 5) is 25.8. The minimum atomic E-state index is -0.451. The molecule has 1 saturated heterocycles. The second-order valence-corrected chi connectivity index (χ2v) is 6.09. The molecule has 1 heterocycles. The smallest absolute Gasteiger partial charge is 0.268 e. The van der Waals surface area contributed by atoms with Crippen LogP contribution in [0.15, 0.2) is 53.4 Å². The minimum absolute atomic E-state index is 0.0952. The number of thioether (sulfide) groups is 1. The topological polar surface area (TPSA) is 61.2 Å². The van der Waals surface area contributed by atoms with Crippen molar-refractivity contribution in [2.75, 3.05) is 0 Å². The Balaban J connectivity index is 1.82. The number of halogens is 1. The Kier molecular flexibility index (Phi) is 4.45. The molecule has 0 bridgehead atoms. The fourth-order valence-electron chi connectivity index (χ4n) is 2.24. The molecule has 118 valence electrons. The molecule has 0 radical (unpaired) electrons. The lowest BCUT2D eigenvalue weighted by atomic mass is 10.1. The summed E-state index contributed by atoms with van der Waals surface area (Å²) in [6.07, 6.45) is 1.59. The zero-order valence-corrected chi connectivity index (χ0v) is 13.2. The van der Waals surface area contributed by atoms with E-state index in [1.165, 1.54) is 6.07 Å². The molecule has 0 aromatic heterocycles. The summed E-state index contributed by atoms with van der Waals surface area (Å²) < 4.78 is 13.7. The van der Waals surface area contributed by atoms with Crippen LogP contribution in [0.5, 0.6) is 0 Å². The number of hydrogen-bond acceptors (Lipinski definition) is 4. The number of carbonyl (C=O) groups is 2. The van der Waals surface area contributed by atoms with Crippen molar-refractivity contribution in [1.82, 2.24) is 4.90 Å². The SMILES string of the molecule is N#Cc1ccc(/C=C2\SC(=O)N(Cc3ccccc3F)C2=O)cc1. The highest BCUT2D eigenvalue weighted by atomic mass is 32.2. The highest BCUT2D eigenvalue weighted by Gasteiger charge is 2.35. The summed E-state index contributed by atoms with van der Waals surface area (Å²) in [6.45, 7) is -0.0952. The quantitative estimate of drug-likeness (QED) is 0.796. The Morgan fingerprint density at radius 2 is 1.83 bits per heavy atom. The molecule has 6 heteroatoms. The predicted octanol–water partition coefficient (Wildman–Crippen LogP) is 3.93. The van der Waals surface area contributed by atoms with E-state index in [1.54, 1.807) is 48.5 Å². The van der Waals surface area contributed by atoms with E-state index in [2.05, 4.69) is 0 Å². The highest BCUT2D eigenvalue weighted by molar-refractivity contribution is 8.18. The molecule has 2 aromatic carbocycles. The standard InChI is InChI=1S/C18H11FN2O2S/c19-15-4-2-1-3-14(15)11-21-17(22)16(24-18(21)23)9-12-5-7-13(10-20)8-6-12/h1-9H,11H2/b16-9-. The first-order valence-electron chi connectivity index (χ1n) is 7.07. The van der Waals surface area contributed by atoms with Crippen molar-refractivity contribution in [2.24, 2.45) is 0 Å². The third-order valence-electron chi connectivity index (χ3n) is 3.50. The first kappa shape index (κ1) is 16.0. The number of hydrogen-bond donors (Lipinski definition) is 0. The first-order valence-corrected chi connectivity index (χ1v) is 7.89. The highest BCUT2D eigenvalue weighted by Crippen LogP contribution is 2.33. The molecule has 3 rings (SSSR count). The zero-order chi connectivity index (χ0) is 17.1. The van der Waals surface area contributed by atoms with E-state index in [9.17, 15) is 14.0 Å². The number of imide groups is 1. The van der Waals surface area contributed by atoms with Crippen molar-refractivity contribution >= 4 is 29.0 Å². The molecule has 1 fully saturated rings. The van der Waals surface area contributed by atoms with Crippen molar-refractivity contribution < 1.29 is 14.0 Å². The summed E-state index contributed by atoms with van der Waals surface area (Å²) in [5, 5.41) is 8.35. The molecule has 4 nitrogen and oxygen atoms in total. The van der Waals surface area contributed by atoms with E-state index >= 15 is 0 Å². The third-order valence-corrected chi connectivity index (χ3v) is 4.40. The monoisotopic (exact) mass is 338 g/mol. The Labute approximate surface area is 142 Å². The van der Waals surface area contributed by atoms with Crippen molar-refractivity contribution in [2.45, 2.75) is 6.54 Å². The number of carbonyl (C=O) groups excluding carboxylic acids is 2.